The Morgan fingerprint density at radius 3 is 2.59 bits per heavy atom. The van der Waals surface area contributed by atoms with Crippen LogP contribution < -0.4 is 10.1 Å². The first-order valence-electron chi connectivity index (χ1n) is 8.69. The number of nitrogens with zero attached hydrogens (tertiary/aromatic N) is 1. The highest BCUT2D eigenvalue weighted by Gasteiger charge is 2.30. The average molecular weight is 398 g/mol. The minimum atomic E-state index is -4.47. The molecule has 0 fully saturated rings. The van der Waals surface area contributed by atoms with Crippen LogP contribution in [0.15, 0.2) is 72.9 Å². The maximum Gasteiger partial charge on any atom is 0.416 e. The zero-order valence-electron chi connectivity index (χ0n) is 15.2. The molecule has 1 amide bonds. The van der Waals surface area contributed by atoms with E-state index in [9.17, 15) is 18.0 Å². The molecule has 148 valence electrons. The van der Waals surface area contributed by atoms with E-state index in [-0.39, 0.29) is 5.75 Å². The molecule has 0 saturated heterocycles. The van der Waals surface area contributed by atoms with Gasteiger partial charge in [0.25, 0.3) is 5.91 Å². The molecule has 0 atom stereocenters. The van der Waals surface area contributed by atoms with Crippen molar-refractivity contribution in [3.63, 3.8) is 0 Å². The van der Waals surface area contributed by atoms with Gasteiger partial charge in [-0.05, 0) is 54.1 Å². The Morgan fingerprint density at radius 1 is 1.00 bits per heavy atom. The zero-order valence-corrected chi connectivity index (χ0v) is 15.2. The number of aromatic nitrogens is 1. The Bertz CT molecular complexity index is 1000. The molecule has 0 bridgehead atoms. The Morgan fingerprint density at radius 2 is 1.83 bits per heavy atom. The fourth-order valence-electron chi connectivity index (χ4n) is 2.48. The number of hydrogen-bond donors (Lipinski definition) is 1. The molecule has 4 nitrogen and oxygen atoms in total. The molecule has 1 aromatic heterocycles. The van der Waals surface area contributed by atoms with Crippen LogP contribution in [0.3, 0.4) is 0 Å². The van der Waals surface area contributed by atoms with Crippen molar-refractivity contribution in [3.05, 3.63) is 89.7 Å². The molecule has 3 rings (SSSR count). The summed E-state index contributed by atoms with van der Waals surface area (Å²) in [4.78, 5) is 16.3. The summed E-state index contributed by atoms with van der Waals surface area (Å²) in [5, 5.41) is 2.66. The monoisotopic (exact) mass is 398 g/mol. The summed E-state index contributed by atoms with van der Waals surface area (Å²) >= 11 is 0. The second-order valence-corrected chi connectivity index (χ2v) is 6.08. The predicted octanol–water partition coefficient (Wildman–Crippen LogP) is 5.29. The van der Waals surface area contributed by atoms with E-state index in [1.807, 2.05) is 36.4 Å². The summed E-state index contributed by atoms with van der Waals surface area (Å²) in [6, 6.07) is 17.1. The fraction of sp³-hybridized carbons (Fsp3) is 0.0909. The number of nitrogens with one attached hydrogen (secondary N) is 1. The Kier molecular flexibility index (Phi) is 6.29. The summed E-state index contributed by atoms with van der Waals surface area (Å²) in [6.45, 7) is -0.407. The number of carbonyl (C=O) groups is 1. The van der Waals surface area contributed by atoms with E-state index in [0.717, 1.165) is 23.4 Å². The van der Waals surface area contributed by atoms with Crippen LogP contribution in [0.25, 0.3) is 12.2 Å². The summed E-state index contributed by atoms with van der Waals surface area (Å²) in [5.74, 6) is -0.504. The lowest BCUT2D eigenvalue weighted by molar-refractivity contribution is -0.137. The minimum Gasteiger partial charge on any atom is -0.484 e. The molecule has 7 heteroatoms. The van der Waals surface area contributed by atoms with E-state index >= 15 is 0 Å². The van der Waals surface area contributed by atoms with E-state index in [1.54, 1.807) is 24.4 Å². The molecule has 3 aromatic rings. The topological polar surface area (TPSA) is 51.2 Å². The molecule has 0 aliphatic carbocycles. The Labute approximate surface area is 165 Å². The average Bonchev–Trinajstić information content (AvgIpc) is 2.71. The van der Waals surface area contributed by atoms with Gasteiger partial charge in [-0.2, -0.15) is 13.2 Å². The van der Waals surface area contributed by atoms with Gasteiger partial charge in [-0.25, -0.2) is 0 Å². The molecule has 0 saturated carbocycles. The standard InChI is InChI=1S/C22H17F3N2O2/c23-22(24,25)17-6-4-9-20(14-17)29-15-21(28)27-19-8-3-5-16(13-19)10-11-18-7-1-2-12-26-18/h1-14H,15H2,(H,27,28)/b11-10+. The van der Waals surface area contributed by atoms with Crippen molar-refractivity contribution in [1.82, 2.24) is 4.98 Å². The van der Waals surface area contributed by atoms with Crippen LogP contribution in [-0.2, 0) is 11.0 Å². The summed E-state index contributed by atoms with van der Waals surface area (Å²) in [6.07, 6.45) is 0.931. The van der Waals surface area contributed by atoms with Crippen LogP contribution in [0.4, 0.5) is 18.9 Å². The van der Waals surface area contributed by atoms with Crippen molar-refractivity contribution in [2.45, 2.75) is 6.18 Å². The maximum absolute atomic E-state index is 12.7. The quantitative estimate of drug-likeness (QED) is 0.614. The fourth-order valence-corrected chi connectivity index (χ4v) is 2.48. The second-order valence-electron chi connectivity index (χ2n) is 6.08. The molecule has 1 N–H and O–H groups in total. The molecule has 29 heavy (non-hydrogen) atoms. The number of hydrogen-bond acceptors (Lipinski definition) is 3. The Hall–Kier alpha value is -3.61. The molecular weight excluding hydrogens is 381 g/mol. The molecule has 2 aromatic carbocycles. The molecule has 0 unspecified atom stereocenters. The van der Waals surface area contributed by atoms with Gasteiger partial charge in [0.2, 0.25) is 0 Å². The lowest BCUT2D eigenvalue weighted by atomic mass is 10.1. The molecule has 0 radical (unpaired) electrons. The van der Waals surface area contributed by atoms with Gasteiger partial charge in [-0.3, -0.25) is 9.78 Å². The van der Waals surface area contributed by atoms with Crippen molar-refractivity contribution in [3.8, 4) is 5.75 Å². The highest BCUT2D eigenvalue weighted by Crippen LogP contribution is 2.31. The highest BCUT2D eigenvalue weighted by molar-refractivity contribution is 5.92. The van der Waals surface area contributed by atoms with E-state index in [2.05, 4.69) is 10.3 Å². The number of halogens is 3. The van der Waals surface area contributed by atoms with Crippen LogP contribution in [-0.4, -0.2) is 17.5 Å². The van der Waals surface area contributed by atoms with Crippen molar-refractivity contribution in [2.75, 3.05) is 11.9 Å². The third-order valence-electron chi connectivity index (χ3n) is 3.84. The maximum atomic E-state index is 12.7. The van der Waals surface area contributed by atoms with Gasteiger partial charge in [0.15, 0.2) is 6.61 Å². The number of ether oxygens (including phenoxy) is 1. The molecule has 0 aliphatic rings. The number of alkyl halides is 3. The summed E-state index contributed by atoms with van der Waals surface area (Å²) in [7, 11) is 0. The van der Waals surface area contributed by atoms with E-state index < -0.39 is 24.3 Å². The molecule has 0 spiro atoms. The van der Waals surface area contributed by atoms with Crippen LogP contribution >= 0.6 is 0 Å². The van der Waals surface area contributed by atoms with Crippen molar-refractivity contribution in [1.29, 1.82) is 0 Å². The lowest BCUT2D eigenvalue weighted by Gasteiger charge is -2.10. The van der Waals surface area contributed by atoms with Crippen LogP contribution in [0, 0.1) is 0 Å². The number of anilines is 1. The number of rotatable bonds is 6. The van der Waals surface area contributed by atoms with Gasteiger partial charge in [-0.15, -0.1) is 0 Å². The van der Waals surface area contributed by atoms with Gasteiger partial charge in [-0.1, -0.05) is 30.3 Å². The number of benzene rings is 2. The van der Waals surface area contributed by atoms with E-state index in [4.69, 9.17) is 4.74 Å². The Balaban J connectivity index is 1.58. The third-order valence-corrected chi connectivity index (χ3v) is 3.84. The van der Waals surface area contributed by atoms with Gasteiger partial charge < -0.3 is 10.1 Å². The van der Waals surface area contributed by atoms with Gasteiger partial charge in [0, 0.05) is 11.9 Å². The highest BCUT2D eigenvalue weighted by atomic mass is 19.4. The van der Waals surface area contributed by atoms with Crippen LogP contribution in [0.1, 0.15) is 16.8 Å². The summed E-state index contributed by atoms with van der Waals surface area (Å²) < 4.78 is 43.3. The minimum absolute atomic E-state index is 0.0259. The summed E-state index contributed by atoms with van der Waals surface area (Å²) in [5.41, 5.74) is 1.37. The molecule has 0 aliphatic heterocycles. The van der Waals surface area contributed by atoms with E-state index in [1.165, 1.54) is 12.1 Å². The van der Waals surface area contributed by atoms with Crippen molar-refractivity contribution < 1.29 is 22.7 Å². The zero-order chi connectivity index (χ0) is 20.7. The van der Waals surface area contributed by atoms with Crippen LogP contribution in [0.5, 0.6) is 5.75 Å². The van der Waals surface area contributed by atoms with Crippen molar-refractivity contribution in [2.24, 2.45) is 0 Å². The van der Waals surface area contributed by atoms with Gasteiger partial charge in [0.05, 0.1) is 11.3 Å². The van der Waals surface area contributed by atoms with Crippen LogP contribution in [0.2, 0.25) is 0 Å². The number of pyridine rings is 1. The predicted molar refractivity (Wildman–Crippen MR) is 105 cm³/mol. The largest absolute Gasteiger partial charge is 0.484 e. The second kappa shape index (κ2) is 9.05. The normalized spacial score (nSPS) is 11.4. The third kappa shape index (κ3) is 6.21. The first kappa shape index (κ1) is 20.1. The number of amides is 1. The molecular formula is C22H17F3N2O2. The van der Waals surface area contributed by atoms with Gasteiger partial charge in [0.1, 0.15) is 5.75 Å². The first-order chi connectivity index (χ1) is 13.9. The lowest BCUT2D eigenvalue weighted by Crippen LogP contribution is -2.20. The smallest absolute Gasteiger partial charge is 0.416 e. The van der Waals surface area contributed by atoms with E-state index in [0.29, 0.717) is 5.69 Å². The van der Waals surface area contributed by atoms with Gasteiger partial charge >= 0.3 is 6.18 Å². The SMILES string of the molecule is O=C(COc1cccc(C(F)(F)F)c1)Nc1cccc(/C=C/c2ccccn2)c1. The first-order valence-corrected chi connectivity index (χ1v) is 8.69. The number of carbonyl (C=O) groups excluding carboxylic acids is 1. The molecule has 1 heterocycles. The van der Waals surface area contributed by atoms with Crippen molar-refractivity contribution >= 4 is 23.7 Å².